The highest BCUT2D eigenvalue weighted by atomic mass is 16.7. The lowest BCUT2D eigenvalue weighted by atomic mass is 9.71. The Bertz CT molecular complexity index is 2660. The van der Waals surface area contributed by atoms with Gasteiger partial charge in [0.1, 0.15) is 0 Å². The van der Waals surface area contributed by atoms with Gasteiger partial charge in [0.05, 0.1) is 16.3 Å². The molecule has 0 aliphatic heterocycles. The van der Waals surface area contributed by atoms with Crippen molar-refractivity contribution in [2.45, 2.75) is 125 Å². The molecule has 0 spiro atoms. The number of rotatable bonds is 15. The predicted octanol–water partition coefficient (Wildman–Crippen LogP) is 13.1. The van der Waals surface area contributed by atoms with E-state index in [0.29, 0.717) is 11.4 Å². The molecule has 64 heavy (non-hydrogen) atoms. The van der Waals surface area contributed by atoms with Gasteiger partial charge in [0.25, 0.3) is 5.69 Å². The van der Waals surface area contributed by atoms with E-state index in [2.05, 4.69) is 80.5 Å². The van der Waals surface area contributed by atoms with Gasteiger partial charge in [-0.05, 0) is 132 Å². The number of carbonyl (C=O) groups is 3. The van der Waals surface area contributed by atoms with Crippen molar-refractivity contribution in [3.63, 3.8) is 0 Å². The number of oxime groups is 2. The third kappa shape index (κ3) is 9.09. The van der Waals surface area contributed by atoms with E-state index < -0.39 is 11.9 Å². The molecule has 2 aliphatic rings. The lowest BCUT2D eigenvalue weighted by molar-refractivity contribution is -0.384. The molecule has 10 heteroatoms. The molecule has 5 aromatic rings. The van der Waals surface area contributed by atoms with E-state index in [1.165, 1.54) is 41.7 Å². The number of nitro benzene ring substituents is 1. The van der Waals surface area contributed by atoms with E-state index in [1.807, 2.05) is 56.3 Å². The molecule has 0 amide bonds. The Morgan fingerprint density at radius 3 is 1.42 bits per heavy atom. The zero-order chi connectivity index (χ0) is 46.3. The van der Waals surface area contributed by atoms with Crippen LogP contribution in [0.15, 0.2) is 107 Å². The van der Waals surface area contributed by atoms with Crippen LogP contribution in [0, 0.1) is 17.0 Å². The molecule has 7 rings (SSSR count). The van der Waals surface area contributed by atoms with Gasteiger partial charge in [-0.1, -0.05) is 124 Å². The number of hydrogen-bond acceptors (Lipinski definition) is 9. The fourth-order valence-electron chi connectivity index (χ4n) is 10.1. The number of fused-ring (bicyclic) bond motifs is 6. The summed E-state index contributed by atoms with van der Waals surface area (Å²) in [6, 6.07) is 31.7. The van der Waals surface area contributed by atoms with Crippen molar-refractivity contribution in [1.29, 1.82) is 0 Å². The van der Waals surface area contributed by atoms with Gasteiger partial charge in [-0.3, -0.25) is 14.9 Å². The average molecular weight is 862 g/mol. The topological polar surface area (TPSA) is 138 Å². The second-order valence-electron chi connectivity index (χ2n) is 17.1. The lowest BCUT2D eigenvalue weighted by Crippen LogP contribution is -2.25. The maximum atomic E-state index is 13.5. The molecule has 0 unspecified atom stereocenters. The molecule has 0 N–H and O–H groups in total. The lowest BCUT2D eigenvalue weighted by Gasteiger charge is -2.32. The van der Waals surface area contributed by atoms with Crippen LogP contribution in [-0.4, -0.2) is 34.1 Å². The first-order chi connectivity index (χ1) is 30.7. The van der Waals surface area contributed by atoms with Crippen molar-refractivity contribution >= 4 is 34.8 Å². The van der Waals surface area contributed by atoms with Gasteiger partial charge in [0.2, 0.25) is 0 Å². The van der Waals surface area contributed by atoms with Gasteiger partial charge in [-0.15, -0.1) is 0 Å². The van der Waals surface area contributed by atoms with Crippen LogP contribution in [-0.2, 0) is 30.1 Å². The molecule has 5 aromatic carbocycles. The molecule has 0 saturated carbocycles. The van der Waals surface area contributed by atoms with Crippen molar-refractivity contribution in [3.05, 3.63) is 157 Å². The Kier molecular flexibility index (Phi) is 14.6. The van der Waals surface area contributed by atoms with E-state index >= 15 is 0 Å². The molecule has 332 valence electrons. The monoisotopic (exact) mass is 861 g/mol. The van der Waals surface area contributed by atoms with Crippen molar-refractivity contribution in [2.75, 3.05) is 0 Å². The number of benzene rings is 5. The molecule has 2 aliphatic carbocycles. The van der Waals surface area contributed by atoms with Gasteiger partial charge < -0.3 is 9.68 Å². The number of non-ortho nitro benzene ring substituents is 1. The summed E-state index contributed by atoms with van der Waals surface area (Å²) in [7, 11) is 0. The smallest absolute Gasteiger partial charge is 0.318 e. The van der Waals surface area contributed by atoms with E-state index in [9.17, 15) is 24.5 Å². The molecular formula is C54H59N3O7. The normalized spacial score (nSPS) is 14.0. The first kappa shape index (κ1) is 46.9. The van der Waals surface area contributed by atoms with Crippen LogP contribution < -0.4 is 0 Å². The molecule has 0 bridgehead atoms. The first-order valence-corrected chi connectivity index (χ1v) is 22.4. The Morgan fingerprint density at radius 1 is 0.547 bits per heavy atom. The highest BCUT2D eigenvalue weighted by Gasteiger charge is 2.44. The van der Waals surface area contributed by atoms with Crippen LogP contribution >= 0.6 is 0 Å². The summed E-state index contributed by atoms with van der Waals surface area (Å²) in [6.07, 6.45) is 7.95. The summed E-state index contributed by atoms with van der Waals surface area (Å²) in [5, 5.41) is 19.3. The Balaban J connectivity index is 0.000000216. The number of nitrogens with zero attached hydrogens (tertiary/aromatic N) is 3. The van der Waals surface area contributed by atoms with Gasteiger partial charge in [-0.25, -0.2) is 9.59 Å². The van der Waals surface area contributed by atoms with E-state index in [1.54, 1.807) is 19.1 Å². The van der Waals surface area contributed by atoms with Gasteiger partial charge in [-0.2, -0.15) is 0 Å². The van der Waals surface area contributed by atoms with Gasteiger partial charge >= 0.3 is 11.9 Å². The number of carbonyl (C=O) groups excluding carboxylic acids is 3. The van der Waals surface area contributed by atoms with E-state index in [0.717, 1.165) is 95.9 Å². The number of aryl methyl sites for hydroxylation is 1. The third-order valence-electron chi connectivity index (χ3n) is 12.7. The largest absolute Gasteiger partial charge is 0.331 e. The maximum absolute atomic E-state index is 13.5. The zero-order valence-corrected chi connectivity index (χ0v) is 38.6. The molecule has 0 heterocycles. The van der Waals surface area contributed by atoms with E-state index in [4.69, 9.17) is 9.68 Å². The minimum Gasteiger partial charge on any atom is -0.318 e. The van der Waals surface area contributed by atoms with Crippen LogP contribution in [0.4, 0.5) is 5.69 Å². The Hall–Kier alpha value is -6.55. The fourth-order valence-corrected chi connectivity index (χ4v) is 10.1. The Labute approximate surface area is 376 Å². The van der Waals surface area contributed by atoms with Crippen LogP contribution in [0.1, 0.15) is 162 Å². The average Bonchev–Trinajstić information content (AvgIpc) is 3.70. The number of nitro groups is 1. The summed E-state index contributed by atoms with van der Waals surface area (Å²) >= 11 is 0. The summed E-state index contributed by atoms with van der Waals surface area (Å²) in [4.78, 5) is 56.5. The summed E-state index contributed by atoms with van der Waals surface area (Å²) in [5.41, 5.74) is 14.5. The number of ketones is 1. The second kappa shape index (κ2) is 19.9. The fraction of sp³-hybridized carbons (Fsp3) is 0.352. The van der Waals surface area contributed by atoms with Crippen molar-refractivity contribution < 1.29 is 29.0 Å². The summed E-state index contributed by atoms with van der Waals surface area (Å²) < 4.78 is 0. The molecule has 0 aromatic heterocycles. The molecule has 0 atom stereocenters. The molecular weight excluding hydrogens is 803 g/mol. The summed E-state index contributed by atoms with van der Waals surface area (Å²) in [5.74, 6) is -0.839. The predicted molar refractivity (Wildman–Crippen MR) is 254 cm³/mol. The van der Waals surface area contributed by atoms with Crippen LogP contribution in [0.2, 0.25) is 0 Å². The third-order valence-corrected chi connectivity index (χ3v) is 12.7. The van der Waals surface area contributed by atoms with Crippen molar-refractivity contribution in [2.24, 2.45) is 10.3 Å². The van der Waals surface area contributed by atoms with Crippen molar-refractivity contribution in [1.82, 2.24) is 0 Å². The minimum atomic E-state index is -0.465. The zero-order valence-electron chi connectivity index (χ0n) is 38.6. The van der Waals surface area contributed by atoms with E-state index in [-0.39, 0.29) is 27.2 Å². The first-order valence-electron chi connectivity index (χ1n) is 22.4. The minimum absolute atomic E-state index is 0.0637. The van der Waals surface area contributed by atoms with Crippen LogP contribution in [0.5, 0.6) is 0 Å². The van der Waals surface area contributed by atoms with Gasteiger partial charge in [0.15, 0.2) is 5.78 Å². The van der Waals surface area contributed by atoms with Crippen molar-refractivity contribution in [3.8, 4) is 22.3 Å². The molecule has 10 nitrogen and oxygen atoms in total. The maximum Gasteiger partial charge on any atom is 0.331 e. The highest BCUT2D eigenvalue weighted by molar-refractivity contribution is 6.10. The number of hydrogen-bond donors (Lipinski definition) is 0. The highest BCUT2D eigenvalue weighted by Crippen LogP contribution is 2.56. The quantitative estimate of drug-likeness (QED) is 0.0336. The standard InChI is InChI=1S/C31H33NO3.C23H26N2O4/c1-6-16-31(17-7-2)28-15-13-23(21(4)32-35-22(5)33)18-27(28)26-14-12-24(19-29(26)31)30(34)25-11-9-8-10-20(25)3;1-5-11-23(12-6-2)21-10-7-17(15(3)24-29-16(4)26)13-20(21)19-9-8-18(25(27)28)14-22(19)23/h8-15,18-19H,6-7,16-17H2,1-5H3;7-10,13-14H,5-6,11-12H2,1-4H3/b32-21-;24-15-. The SMILES string of the molecule is CCCC1(CCC)c2ccc(/C(C)=N\OC(C)=O)cc2-c2ccc(C(=O)c3ccccc3C)cc21.CCCC1(CCC)c2ccc(/C(C)=N\OC(C)=O)cc2-c2ccc([N+](=O)[O-])cc21. The second-order valence-corrected chi connectivity index (χ2v) is 17.1. The van der Waals surface area contributed by atoms with Gasteiger partial charge in [0, 0.05) is 47.9 Å². The summed E-state index contributed by atoms with van der Waals surface area (Å²) in [6.45, 7) is 17.0. The molecule has 0 fully saturated rings. The molecule has 0 radical (unpaired) electrons. The van der Waals surface area contributed by atoms with Crippen LogP contribution in [0.3, 0.4) is 0 Å². The Morgan fingerprint density at radius 2 is 0.984 bits per heavy atom. The molecule has 0 saturated heterocycles. The van der Waals surface area contributed by atoms with Crippen LogP contribution in [0.25, 0.3) is 22.3 Å².